The number of aliphatic carboxylic acids is 1. The minimum atomic E-state index is -5.08. The van der Waals surface area contributed by atoms with E-state index >= 15 is 0 Å². The van der Waals surface area contributed by atoms with Crippen LogP contribution in [-0.2, 0) is 11.2 Å². The highest BCUT2D eigenvalue weighted by Gasteiger charge is 2.38. The van der Waals surface area contributed by atoms with Crippen molar-refractivity contribution in [3.63, 3.8) is 0 Å². The third-order valence-corrected chi connectivity index (χ3v) is 6.69. The predicted molar refractivity (Wildman–Crippen MR) is 130 cm³/mol. The summed E-state index contributed by atoms with van der Waals surface area (Å²) in [5.74, 6) is -1.88. The SMILES string of the molecule is CCc1[nH]c2nc(Sc3ccc4c(c3)C(=O)CC=N4)nc(N3CC(N)C3)c2c1Cl.O=C(O)C(F)(F)F. The molecule has 0 radical (unpaired) electrons. The van der Waals surface area contributed by atoms with Gasteiger partial charge < -0.3 is 20.7 Å². The number of alkyl halides is 3. The zero-order valence-electron chi connectivity index (χ0n) is 18.8. The largest absolute Gasteiger partial charge is 0.490 e. The lowest BCUT2D eigenvalue weighted by molar-refractivity contribution is -0.192. The van der Waals surface area contributed by atoms with E-state index in [9.17, 15) is 18.0 Å². The molecule has 36 heavy (non-hydrogen) atoms. The standard InChI is InChI=1S/C20H19ClN6OS.C2HF3O2/c1-2-13-17(21)16-18(24-13)25-20(26-19(16)27-8-10(22)9-27)29-11-3-4-14-12(7-11)15(28)5-6-23-14;3-2(4,5)1(6)7/h3-4,6-7,10H,2,5,8-9,22H2,1H3,(H,24,25,26);(H,6,7). The van der Waals surface area contributed by atoms with Crippen LogP contribution in [0.4, 0.5) is 24.7 Å². The van der Waals surface area contributed by atoms with Gasteiger partial charge >= 0.3 is 12.1 Å². The van der Waals surface area contributed by atoms with Gasteiger partial charge in [0.05, 0.1) is 16.1 Å². The number of rotatable bonds is 4. The van der Waals surface area contributed by atoms with Crippen LogP contribution in [0.3, 0.4) is 0 Å². The number of hydrogen-bond acceptors (Lipinski definition) is 8. The topological polar surface area (TPSA) is 138 Å². The van der Waals surface area contributed by atoms with E-state index in [4.69, 9.17) is 37.2 Å². The number of aryl methyl sites for hydroxylation is 1. The Hall–Kier alpha value is -3.16. The summed E-state index contributed by atoms with van der Waals surface area (Å²) in [6.07, 6.45) is -2.31. The van der Waals surface area contributed by atoms with E-state index in [0.29, 0.717) is 27.9 Å². The molecule has 5 rings (SSSR count). The molecule has 190 valence electrons. The molecule has 2 aliphatic rings. The number of carboxylic acids is 1. The number of nitrogens with one attached hydrogen (secondary N) is 1. The van der Waals surface area contributed by atoms with E-state index < -0.39 is 12.1 Å². The summed E-state index contributed by atoms with van der Waals surface area (Å²) in [4.78, 5) is 41.2. The number of Topliss-reactive ketones (excluding diaryl/α,β-unsaturated/α-hetero) is 1. The number of halogens is 4. The first-order valence-electron chi connectivity index (χ1n) is 10.7. The second kappa shape index (κ2) is 10.1. The summed E-state index contributed by atoms with van der Waals surface area (Å²) in [5.41, 5.74) is 9.00. The minimum absolute atomic E-state index is 0.0767. The van der Waals surface area contributed by atoms with Gasteiger partial charge in [0.1, 0.15) is 11.5 Å². The average Bonchev–Trinajstić information content (AvgIpc) is 3.12. The molecule has 0 amide bonds. The van der Waals surface area contributed by atoms with E-state index in [1.165, 1.54) is 11.8 Å². The van der Waals surface area contributed by atoms with Crippen molar-refractivity contribution in [1.29, 1.82) is 0 Å². The molecule has 0 saturated carbocycles. The lowest BCUT2D eigenvalue weighted by Gasteiger charge is -2.38. The van der Waals surface area contributed by atoms with Gasteiger partial charge in [0.15, 0.2) is 10.9 Å². The number of carboxylic acid groups (broad SMARTS) is 1. The van der Waals surface area contributed by atoms with E-state index in [1.807, 2.05) is 25.1 Å². The second-order valence-electron chi connectivity index (χ2n) is 8.01. The van der Waals surface area contributed by atoms with Gasteiger partial charge in [0.2, 0.25) is 0 Å². The molecule has 0 aliphatic carbocycles. The quantitative estimate of drug-likeness (QED) is 0.414. The first-order chi connectivity index (χ1) is 17.0. The Morgan fingerprint density at radius 1 is 1.33 bits per heavy atom. The van der Waals surface area contributed by atoms with Crippen molar-refractivity contribution < 1.29 is 27.9 Å². The van der Waals surface area contributed by atoms with Gasteiger partial charge in [-0.25, -0.2) is 14.8 Å². The Kier molecular flexibility index (Phi) is 7.25. The van der Waals surface area contributed by atoms with Gasteiger partial charge in [0.25, 0.3) is 0 Å². The Bertz CT molecular complexity index is 1370. The van der Waals surface area contributed by atoms with Crippen LogP contribution >= 0.6 is 23.4 Å². The van der Waals surface area contributed by atoms with Crippen molar-refractivity contribution in [2.75, 3.05) is 18.0 Å². The highest BCUT2D eigenvalue weighted by Crippen LogP contribution is 2.38. The van der Waals surface area contributed by atoms with Gasteiger partial charge in [-0.15, -0.1) is 0 Å². The molecule has 2 aliphatic heterocycles. The molecular formula is C22H20ClF3N6O3S. The summed E-state index contributed by atoms with van der Waals surface area (Å²) in [6.45, 7) is 3.53. The first kappa shape index (κ1) is 25.9. The van der Waals surface area contributed by atoms with Gasteiger partial charge in [-0.05, 0) is 36.4 Å². The van der Waals surface area contributed by atoms with Crippen molar-refractivity contribution in [2.24, 2.45) is 10.7 Å². The maximum atomic E-state index is 12.2. The second-order valence-corrected chi connectivity index (χ2v) is 9.43. The molecular weight excluding hydrogens is 521 g/mol. The number of ketones is 1. The molecule has 0 unspecified atom stereocenters. The molecule has 0 atom stereocenters. The van der Waals surface area contributed by atoms with Gasteiger partial charge in [0, 0.05) is 47.9 Å². The Balaban J connectivity index is 0.000000384. The molecule has 4 heterocycles. The summed E-state index contributed by atoms with van der Waals surface area (Å²) in [6, 6.07) is 5.81. The van der Waals surface area contributed by atoms with Crippen LogP contribution in [0.2, 0.25) is 5.02 Å². The average molecular weight is 541 g/mol. The first-order valence-corrected chi connectivity index (χ1v) is 11.9. The molecule has 1 aromatic carbocycles. The fourth-order valence-electron chi connectivity index (χ4n) is 3.63. The van der Waals surface area contributed by atoms with Crippen molar-refractivity contribution in [1.82, 2.24) is 15.0 Å². The number of nitrogens with two attached hydrogens (primary N) is 1. The third kappa shape index (κ3) is 5.32. The lowest BCUT2D eigenvalue weighted by atomic mass is 10.0. The van der Waals surface area contributed by atoms with Crippen LogP contribution in [0.1, 0.15) is 29.4 Å². The molecule has 2 aromatic heterocycles. The van der Waals surface area contributed by atoms with E-state index in [0.717, 1.165) is 47.0 Å². The molecule has 4 N–H and O–H groups in total. The maximum Gasteiger partial charge on any atom is 0.490 e. The van der Waals surface area contributed by atoms with Crippen LogP contribution < -0.4 is 10.6 Å². The predicted octanol–water partition coefficient (Wildman–Crippen LogP) is 4.39. The molecule has 3 aromatic rings. The molecule has 0 bridgehead atoms. The molecule has 14 heteroatoms. The molecule has 0 spiro atoms. The Morgan fingerprint density at radius 3 is 2.64 bits per heavy atom. The van der Waals surface area contributed by atoms with Crippen LogP contribution in [0.5, 0.6) is 0 Å². The zero-order valence-corrected chi connectivity index (χ0v) is 20.3. The summed E-state index contributed by atoms with van der Waals surface area (Å²) in [7, 11) is 0. The van der Waals surface area contributed by atoms with Gasteiger partial charge in [-0.1, -0.05) is 18.5 Å². The van der Waals surface area contributed by atoms with Crippen LogP contribution in [0, 0.1) is 0 Å². The van der Waals surface area contributed by atoms with Crippen molar-refractivity contribution >= 4 is 63.9 Å². The van der Waals surface area contributed by atoms with E-state index in [1.54, 1.807) is 6.21 Å². The number of aromatic amines is 1. The van der Waals surface area contributed by atoms with Gasteiger partial charge in [-0.2, -0.15) is 13.2 Å². The minimum Gasteiger partial charge on any atom is -0.475 e. The number of benzene rings is 1. The fraction of sp³-hybridized carbons (Fsp3) is 0.318. The number of aliphatic imine (C=N–C) groups is 1. The van der Waals surface area contributed by atoms with Crippen molar-refractivity contribution in [2.45, 2.75) is 42.0 Å². The van der Waals surface area contributed by atoms with E-state index in [2.05, 4.69) is 14.9 Å². The smallest absolute Gasteiger partial charge is 0.475 e. The lowest BCUT2D eigenvalue weighted by Crippen LogP contribution is -2.56. The van der Waals surface area contributed by atoms with Crippen LogP contribution in [0.25, 0.3) is 11.0 Å². The Morgan fingerprint density at radius 2 is 2.03 bits per heavy atom. The number of hydrogen-bond donors (Lipinski definition) is 3. The number of carbonyl (C=O) groups is 2. The maximum absolute atomic E-state index is 12.2. The monoisotopic (exact) mass is 540 g/mol. The Labute approximate surface area is 211 Å². The number of anilines is 1. The number of aromatic nitrogens is 3. The summed E-state index contributed by atoms with van der Waals surface area (Å²) < 4.78 is 31.7. The third-order valence-electron chi connectivity index (χ3n) is 5.41. The van der Waals surface area contributed by atoms with Crippen LogP contribution in [-0.4, -0.2) is 63.3 Å². The van der Waals surface area contributed by atoms with E-state index in [-0.39, 0.29) is 11.8 Å². The number of nitrogens with zero attached hydrogens (tertiary/aromatic N) is 4. The van der Waals surface area contributed by atoms with Crippen molar-refractivity contribution in [3.8, 4) is 0 Å². The molecule has 1 fully saturated rings. The number of H-pyrrole nitrogens is 1. The highest BCUT2D eigenvalue weighted by molar-refractivity contribution is 7.99. The molecule has 1 saturated heterocycles. The van der Waals surface area contributed by atoms with Crippen LogP contribution in [0.15, 0.2) is 33.2 Å². The number of fused-ring (bicyclic) bond motifs is 2. The zero-order chi connectivity index (χ0) is 26.2. The summed E-state index contributed by atoms with van der Waals surface area (Å²) in [5, 5.41) is 9.24. The highest BCUT2D eigenvalue weighted by atomic mass is 35.5. The number of carbonyl (C=O) groups excluding carboxylic acids is 1. The van der Waals surface area contributed by atoms with Gasteiger partial charge in [-0.3, -0.25) is 9.79 Å². The fourth-order valence-corrected chi connectivity index (χ4v) is 4.78. The van der Waals surface area contributed by atoms with Crippen molar-refractivity contribution in [3.05, 3.63) is 34.5 Å². The normalized spacial score (nSPS) is 15.4. The summed E-state index contributed by atoms with van der Waals surface area (Å²) >= 11 is 8.02. The molecule has 9 nitrogen and oxygen atoms in total.